The third-order valence-electron chi connectivity index (χ3n) is 3.28. The second-order valence-corrected chi connectivity index (χ2v) is 6.17. The van der Waals surface area contributed by atoms with Gasteiger partial charge in [-0.05, 0) is 47.9 Å². The standard InChI is InChI=1S/C16H16BrN3O/c1-9(2)12-7-10(17)3-6-15(12)21-16-19-13-5-4-11(18)8-14(13)20-16/h3-9H,18H2,1-2H3,(H,19,20). The first-order valence-corrected chi connectivity index (χ1v) is 7.55. The minimum Gasteiger partial charge on any atom is -0.425 e. The van der Waals surface area contributed by atoms with Crippen LogP contribution in [0.4, 0.5) is 5.69 Å². The smallest absolute Gasteiger partial charge is 0.300 e. The molecular weight excluding hydrogens is 330 g/mol. The molecule has 1 heterocycles. The number of aromatic nitrogens is 2. The lowest BCUT2D eigenvalue weighted by atomic mass is 10.0. The Bertz CT molecular complexity index is 795. The molecule has 0 aliphatic heterocycles. The van der Waals surface area contributed by atoms with E-state index in [0.29, 0.717) is 17.6 Å². The maximum atomic E-state index is 5.92. The average Bonchev–Trinajstić information content (AvgIpc) is 2.82. The molecule has 0 radical (unpaired) electrons. The molecule has 4 nitrogen and oxygen atoms in total. The maximum absolute atomic E-state index is 5.92. The third kappa shape index (κ3) is 2.88. The molecule has 108 valence electrons. The van der Waals surface area contributed by atoms with E-state index in [1.807, 2.05) is 30.3 Å². The Balaban J connectivity index is 1.98. The summed E-state index contributed by atoms with van der Waals surface area (Å²) < 4.78 is 6.96. The van der Waals surface area contributed by atoms with Crippen molar-refractivity contribution in [2.75, 3.05) is 5.73 Å². The summed E-state index contributed by atoms with van der Waals surface area (Å²) in [6, 6.07) is 12.0. The Hall–Kier alpha value is -2.01. The van der Waals surface area contributed by atoms with Gasteiger partial charge in [0, 0.05) is 10.2 Å². The van der Waals surface area contributed by atoms with E-state index in [0.717, 1.165) is 26.8 Å². The summed E-state index contributed by atoms with van der Waals surface area (Å²) in [7, 11) is 0. The van der Waals surface area contributed by atoms with Gasteiger partial charge < -0.3 is 15.5 Å². The highest BCUT2D eigenvalue weighted by molar-refractivity contribution is 9.10. The van der Waals surface area contributed by atoms with Crippen molar-refractivity contribution < 1.29 is 4.74 Å². The van der Waals surface area contributed by atoms with Crippen molar-refractivity contribution >= 4 is 32.7 Å². The molecule has 0 amide bonds. The minimum atomic E-state index is 0.359. The number of hydrogen-bond acceptors (Lipinski definition) is 3. The molecule has 0 aliphatic rings. The van der Waals surface area contributed by atoms with Gasteiger partial charge in [-0.1, -0.05) is 29.8 Å². The van der Waals surface area contributed by atoms with Crippen molar-refractivity contribution in [2.24, 2.45) is 0 Å². The second-order valence-electron chi connectivity index (χ2n) is 5.26. The summed E-state index contributed by atoms with van der Waals surface area (Å²) in [6.45, 7) is 4.27. The minimum absolute atomic E-state index is 0.359. The van der Waals surface area contributed by atoms with Crippen molar-refractivity contribution in [3.63, 3.8) is 0 Å². The van der Waals surface area contributed by atoms with Crippen LogP contribution in [0.15, 0.2) is 40.9 Å². The molecule has 21 heavy (non-hydrogen) atoms. The number of ether oxygens (including phenoxy) is 1. The van der Waals surface area contributed by atoms with Crippen LogP contribution < -0.4 is 10.5 Å². The van der Waals surface area contributed by atoms with Crippen molar-refractivity contribution in [1.82, 2.24) is 9.97 Å². The topological polar surface area (TPSA) is 63.9 Å². The predicted molar refractivity (Wildman–Crippen MR) is 88.8 cm³/mol. The van der Waals surface area contributed by atoms with Crippen LogP contribution in [0.1, 0.15) is 25.3 Å². The Morgan fingerprint density at radius 1 is 1.19 bits per heavy atom. The molecule has 1 aromatic heterocycles. The number of aromatic amines is 1. The number of imidazole rings is 1. The molecular formula is C16H16BrN3O. The number of hydrogen-bond donors (Lipinski definition) is 2. The van der Waals surface area contributed by atoms with Gasteiger partial charge in [0.05, 0.1) is 11.0 Å². The van der Waals surface area contributed by atoms with Gasteiger partial charge in [-0.15, -0.1) is 0 Å². The van der Waals surface area contributed by atoms with Crippen molar-refractivity contribution in [2.45, 2.75) is 19.8 Å². The quantitative estimate of drug-likeness (QED) is 0.668. The fourth-order valence-electron chi connectivity index (χ4n) is 2.22. The molecule has 3 aromatic rings. The van der Waals surface area contributed by atoms with Gasteiger partial charge in [0.15, 0.2) is 0 Å². The van der Waals surface area contributed by atoms with Crippen molar-refractivity contribution in [3.8, 4) is 11.8 Å². The maximum Gasteiger partial charge on any atom is 0.300 e. The molecule has 5 heteroatoms. The monoisotopic (exact) mass is 345 g/mol. The molecule has 0 unspecified atom stereocenters. The zero-order chi connectivity index (χ0) is 15.0. The molecule has 3 rings (SSSR count). The van der Waals surface area contributed by atoms with Gasteiger partial charge in [-0.25, -0.2) is 0 Å². The summed E-state index contributed by atoms with van der Waals surface area (Å²) in [5.74, 6) is 1.16. The highest BCUT2D eigenvalue weighted by Crippen LogP contribution is 2.32. The largest absolute Gasteiger partial charge is 0.425 e. The van der Waals surface area contributed by atoms with Crippen LogP contribution in [0, 0.1) is 0 Å². The zero-order valence-corrected chi connectivity index (χ0v) is 13.4. The normalized spacial score (nSPS) is 11.2. The predicted octanol–water partition coefficient (Wildman–Crippen LogP) is 4.82. The van der Waals surface area contributed by atoms with E-state index >= 15 is 0 Å². The number of nitrogens with one attached hydrogen (secondary N) is 1. The van der Waals surface area contributed by atoms with E-state index in [9.17, 15) is 0 Å². The van der Waals surface area contributed by atoms with Crippen LogP contribution in [-0.4, -0.2) is 9.97 Å². The third-order valence-corrected chi connectivity index (χ3v) is 3.78. The first kappa shape index (κ1) is 13.9. The summed E-state index contributed by atoms with van der Waals surface area (Å²) >= 11 is 3.49. The second kappa shape index (κ2) is 5.41. The highest BCUT2D eigenvalue weighted by Gasteiger charge is 2.12. The Morgan fingerprint density at radius 3 is 2.76 bits per heavy atom. The van der Waals surface area contributed by atoms with Gasteiger partial charge in [0.25, 0.3) is 6.01 Å². The molecule has 0 spiro atoms. The van der Waals surface area contributed by atoms with Gasteiger partial charge in [0.2, 0.25) is 0 Å². The number of nitrogens with zero attached hydrogens (tertiary/aromatic N) is 1. The van der Waals surface area contributed by atoms with Crippen molar-refractivity contribution in [3.05, 3.63) is 46.4 Å². The van der Waals surface area contributed by atoms with E-state index in [4.69, 9.17) is 10.5 Å². The molecule has 0 aliphatic carbocycles. The number of benzene rings is 2. The van der Waals surface area contributed by atoms with Crippen LogP contribution in [0.2, 0.25) is 0 Å². The number of rotatable bonds is 3. The first-order chi connectivity index (χ1) is 10.0. The van der Waals surface area contributed by atoms with Crippen LogP contribution >= 0.6 is 15.9 Å². The Kier molecular flexibility index (Phi) is 3.59. The summed E-state index contributed by atoms with van der Waals surface area (Å²) in [6.07, 6.45) is 0. The number of fused-ring (bicyclic) bond motifs is 1. The lowest BCUT2D eigenvalue weighted by Gasteiger charge is -2.12. The van der Waals surface area contributed by atoms with E-state index in [-0.39, 0.29) is 0 Å². The lowest BCUT2D eigenvalue weighted by molar-refractivity contribution is 0.441. The van der Waals surface area contributed by atoms with Crippen LogP contribution in [0.3, 0.4) is 0 Å². The number of nitrogen functional groups attached to an aromatic ring is 1. The Morgan fingerprint density at radius 2 is 2.00 bits per heavy atom. The van der Waals surface area contributed by atoms with E-state index in [1.165, 1.54) is 0 Å². The average molecular weight is 346 g/mol. The molecule has 0 atom stereocenters. The summed E-state index contributed by atoms with van der Waals surface area (Å²) in [4.78, 5) is 7.57. The van der Waals surface area contributed by atoms with Crippen LogP contribution in [0.5, 0.6) is 11.8 Å². The van der Waals surface area contributed by atoms with Crippen LogP contribution in [-0.2, 0) is 0 Å². The summed E-state index contributed by atoms with van der Waals surface area (Å²) in [5, 5.41) is 0. The lowest BCUT2D eigenvalue weighted by Crippen LogP contribution is -1.95. The summed E-state index contributed by atoms with van der Waals surface area (Å²) in [5.41, 5.74) is 9.30. The number of nitrogens with two attached hydrogens (primary N) is 1. The molecule has 0 saturated carbocycles. The molecule has 2 aromatic carbocycles. The fourth-order valence-corrected chi connectivity index (χ4v) is 2.60. The van der Waals surface area contributed by atoms with Gasteiger partial charge >= 0.3 is 0 Å². The van der Waals surface area contributed by atoms with E-state index in [1.54, 1.807) is 0 Å². The SMILES string of the molecule is CC(C)c1cc(Br)ccc1Oc1nc2ccc(N)cc2[nH]1. The molecule has 0 fully saturated rings. The van der Waals surface area contributed by atoms with E-state index in [2.05, 4.69) is 45.8 Å². The zero-order valence-electron chi connectivity index (χ0n) is 11.9. The molecule has 0 bridgehead atoms. The van der Waals surface area contributed by atoms with Gasteiger partial charge in [0.1, 0.15) is 5.75 Å². The van der Waals surface area contributed by atoms with Gasteiger partial charge in [-0.2, -0.15) is 4.98 Å². The number of anilines is 1. The van der Waals surface area contributed by atoms with E-state index < -0.39 is 0 Å². The molecule has 3 N–H and O–H groups in total. The number of halogens is 1. The highest BCUT2D eigenvalue weighted by atomic mass is 79.9. The first-order valence-electron chi connectivity index (χ1n) is 6.75. The fraction of sp³-hybridized carbons (Fsp3) is 0.188. The number of H-pyrrole nitrogens is 1. The Labute approximate surface area is 131 Å². The van der Waals surface area contributed by atoms with Gasteiger partial charge in [-0.3, -0.25) is 0 Å². The van der Waals surface area contributed by atoms with Crippen LogP contribution in [0.25, 0.3) is 11.0 Å². The van der Waals surface area contributed by atoms with Crippen molar-refractivity contribution in [1.29, 1.82) is 0 Å². The molecule has 0 saturated heterocycles.